The van der Waals surface area contributed by atoms with E-state index >= 15 is 0 Å². The van der Waals surface area contributed by atoms with Gasteiger partial charge in [0.25, 0.3) is 17.7 Å². The van der Waals surface area contributed by atoms with Crippen LogP contribution in [0.2, 0.25) is 20.1 Å². The summed E-state index contributed by atoms with van der Waals surface area (Å²) in [4.78, 5) is 50.8. The van der Waals surface area contributed by atoms with Crippen molar-refractivity contribution in [2.45, 2.75) is 0 Å². The Kier molecular flexibility index (Phi) is 8.04. The number of barbiturate groups is 1. The lowest BCUT2D eigenvalue weighted by Crippen LogP contribution is -2.54. The van der Waals surface area contributed by atoms with Crippen molar-refractivity contribution in [3.05, 3.63) is 91.9 Å². The average molecular weight is 579 g/mol. The number of para-hydroxylation sites is 1. The van der Waals surface area contributed by atoms with E-state index in [1.165, 1.54) is 30.3 Å². The summed E-state index contributed by atoms with van der Waals surface area (Å²) < 4.78 is 5.48. The monoisotopic (exact) mass is 577 g/mol. The number of benzene rings is 3. The quantitative estimate of drug-likeness (QED) is 0.276. The molecule has 0 saturated carbocycles. The molecule has 1 aliphatic rings. The van der Waals surface area contributed by atoms with Crippen molar-refractivity contribution in [1.82, 2.24) is 5.32 Å². The maximum absolute atomic E-state index is 13.0. The van der Waals surface area contributed by atoms with Gasteiger partial charge in [-0.05, 0) is 54.1 Å². The van der Waals surface area contributed by atoms with Crippen LogP contribution in [0.25, 0.3) is 6.08 Å². The third-order valence-corrected chi connectivity index (χ3v) is 6.12. The van der Waals surface area contributed by atoms with Gasteiger partial charge in [0.05, 0.1) is 26.4 Å². The number of nitrogens with one attached hydrogen (secondary N) is 2. The van der Waals surface area contributed by atoms with E-state index in [4.69, 9.17) is 51.1 Å². The Hall–Kier alpha value is -3.56. The lowest BCUT2D eigenvalue weighted by molar-refractivity contribution is -0.122. The molecule has 3 aromatic rings. The van der Waals surface area contributed by atoms with Gasteiger partial charge in [0.1, 0.15) is 5.57 Å². The van der Waals surface area contributed by atoms with Crippen molar-refractivity contribution in [2.75, 3.05) is 16.8 Å². The third kappa shape index (κ3) is 6.06. The minimum Gasteiger partial charge on any atom is -0.481 e. The second kappa shape index (κ2) is 11.2. The molecular formula is C25H15Cl4N3O5. The van der Waals surface area contributed by atoms with Crippen LogP contribution in [0, 0.1) is 0 Å². The zero-order valence-corrected chi connectivity index (χ0v) is 21.6. The van der Waals surface area contributed by atoms with Crippen molar-refractivity contribution >= 4 is 87.6 Å². The van der Waals surface area contributed by atoms with Gasteiger partial charge >= 0.3 is 6.03 Å². The first-order valence-electron chi connectivity index (χ1n) is 10.5. The molecule has 5 amide bonds. The first-order valence-corrected chi connectivity index (χ1v) is 12.0. The van der Waals surface area contributed by atoms with Gasteiger partial charge in [0.15, 0.2) is 12.4 Å². The largest absolute Gasteiger partial charge is 0.481 e. The number of imide groups is 2. The van der Waals surface area contributed by atoms with E-state index in [1.807, 2.05) is 0 Å². The van der Waals surface area contributed by atoms with Crippen LogP contribution in [-0.2, 0) is 14.4 Å². The van der Waals surface area contributed by atoms with E-state index in [9.17, 15) is 19.2 Å². The number of ether oxygens (including phenoxy) is 1. The van der Waals surface area contributed by atoms with Gasteiger partial charge in [0, 0.05) is 5.02 Å². The van der Waals surface area contributed by atoms with E-state index in [1.54, 1.807) is 36.4 Å². The summed E-state index contributed by atoms with van der Waals surface area (Å²) in [6.45, 7) is -0.414. The summed E-state index contributed by atoms with van der Waals surface area (Å²) in [6.07, 6.45) is 1.23. The fourth-order valence-corrected chi connectivity index (χ4v) is 4.34. The summed E-state index contributed by atoms with van der Waals surface area (Å²) in [5.74, 6) is -2.23. The van der Waals surface area contributed by atoms with Gasteiger partial charge in [-0.1, -0.05) is 64.6 Å². The lowest BCUT2D eigenvalue weighted by Gasteiger charge is -2.26. The lowest BCUT2D eigenvalue weighted by atomic mass is 10.1. The highest BCUT2D eigenvalue weighted by molar-refractivity contribution is 6.40. The van der Waals surface area contributed by atoms with E-state index in [2.05, 4.69) is 10.6 Å². The Bertz CT molecular complexity index is 1450. The number of rotatable bonds is 6. The SMILES string of the molecule is O=C(COc1c(Cl)cc(/C=C2\C(=O)NC(=O)N(c3cccc(Cl)c3)C2=O)cc1Cl)Nc1ccccc1Cl. The van der Waals surface area contributed by atoms with Crippen molar-refractivity contribution in [3.8, 4) is 5.75 Å². The molecule has 0 aromatic heterocycles. The summed E-state index contributed by atoms with van der Waals surface area (Å²) in [7, 11) is 0. The molecule has 2 N–H and O–H groups in total. The normalized spacial score (nSPS) is 14.5. The number of carbonyl (C=O) groups is 4. The second-order valence-corrected chi connectivity index (χ2v) is 9.23. The fraction of sp³-hybridized carbons (Fsp3) is 0.0400. The summed E-state index contributed by atoms with van der Waals surface area (Å²) in [5.41, 5.74) is 0.544. The molecule has 1 heterocycles. The molecule has 37 heavy (non-hydrogen) atoms. The van der Waals surface area contributed by atoms with Crippen LogP contribution in [0.5, 0.6) is 5.75 Å². The van der Waals surface area contributed by atoms with Crippen LogP contribution in [0.15, 0.2) is 66.2 Å². The number of hydrogen-bond acceptors (Lipinski definition) is 5. The van der Waals surface area contributed by atoms with Crippen molar-refractivity contribution in [1.29, 1.82) is 0 Å². The number of nitrogens with zero attached hydrogens (tertiary/aromatic N) is 1. The Morgan fingerprint density at radius 1 is 0.919 bits per heavy atom. The van der Waals surface area contributed by atoms with Crippen LogP contribution >= 0.6 is 46.4 Å². The third-order valence-electron chi connectivity index (χ3n) is 5.00. The summed E-state index contributed by atoms with van der Waals surface area (Å²) in [6, 6.07) is 14.6. The number of halogens is 4. The minimum absolute atomic E-state index is 0.0231. The zero-order valence-electron chi connectivity index (χ0n) is 18.6. The van der Waals surface area contributed by atoms with Crippen molar-refractivity contribution in [2.24, 2.45) is 0 Å². The van der Waals surface area contributed by atoms with E-state index in [-0.39, 0.29) is 32.6 Å². The van der Waals surface area contributed by atoms with Gasteiger partial charge in [-0.25, -0.2) is 9.69 Å². The Balaban J connectivity index is 1.53. The predicted octanol–water partition coefficient (Wildman–Crippen LogP) is 5.98. The molecule has 4 rings (SSSR count). The molecule has 0 aliphatic carbocycles. The molecule has 3 aromatic carbocycles. The number of carbonyl (C=O) groups excluding carboxylic acids is 4. The molecule has 1 fully saturated rings. The second-order valence-electron chi connectivity index (χ2n) is 7.57. The molecule has 8 nitrogen and oxygen atoms in total. The Morgan fingerprint density at radius 3 is 2.30 bits per heavy atom. The highest BCUT2D eigenvalue weighted by Gasteiger charge is 2.37. The first-order chi connectivity index (χ1) is 17.6. The van der Waals surface area contributed by atoms with Gasteiger partial charge in [-0.3, -0.25) is 19.7 Å². The predicted molar refractivity (Wildman–Crippen MR) is 142 cm³/mol. The summed E-state index contributed by atoms with van der Waals surface area (Å²) >= 11 is 24.6. The van der Waals surface area contributed by atoms with Crippen molar-refractivity contribution in [3.63, 3.8) is 0 Å². The molecular weight excluding hydrogens is 564 g/mol. The van der Waals surface area contributed by atoms with Crippen LogP contribution in [0.4, 0.5) is 16.2 Å². The molecule has 0 atom stereocenters. The number of amides is 5. The minimum atomic E-state index is -0.913. The average Bonchev–Trinajstić information content (AvgIpc) is 2.82. The molecule has 0 spiro atoms. The highest BCUT2D eigenvalue weighted by Crippen LogP contribution is 2.35. The first kappa shape index (κ1) is 26.5. The maximum atomic E-state index is 13.0. The Labute approximate surface area is 230 Å². The molecule has 0 radical (unpaired) electrons. The number of urea groups is 1. The van der Waals surface area contributed by atoms with Crippen LogP contribution in [0.1, 0.15) is 5.56 Å². The molecule has 1 aliphatic heterocycles. The van der Waals surface area contributed by atoms with Gasteiger partial charge < -0.3 is 10.1 Å². The van der Waals surface area contributed by atoms with Crippen LogP contribution < -0.4 is 20.3 Å². The molecule has 12 heteroatoms. The van der Waals surface area contributed by atoms with E-state index < -0.39 is 30.4 Å². The molecule has 1 saturated heterocycles. The summed E-state index contributed by atoms with van der Waals surface area (Å²) in [5, 5.41) is 5.43. The number of hydrogen-bond donors (Lipinski definition) is 2. The van der Waals surface area contributed by atoms with Crippen LogP contribution in [0.3, 0.4) is 0 Å². The molecule has 0 unspecified atom stereocenters. The van der Waals surface area contributed by atoms with Crippen molar-refractivity contribution < 1.29 is 23.9 Å². The standard InChI is InChI=1S/C25H15Cl4N3O5/c26-14-4-3-5-15(11-14)32-24(35)16(23(34)31-25(32)36)8-13-9-18(28)22(19(29)10-13)37-12-21(33)30-20-7-2-1-6-17(20)27/h1-11H,12H2,(H,30,33)(H,31,34,36)/b16-8+. The van der Waals surface area contributed by atoms with Crippen LogP contribution in [-0.4, -0.2) is 30.4 Å². The molecule has 188 valence electrons. The van der Waals surface area contributed by atoms with Gasteiger partial charge in [-0.15, -0.1) is 0 Å². The van der Waals surface area contributed by atoms with Gasteiger partial charge in [0.2, 0.25) is 0 Å². The number of anilines is 2. The topological polar surface area (TPSA) is 105 Å². The highest BCUT2D eigenvalue weighted by atomic mass is 35.5. The Morgan fingerprint density at radius 2 is 1.62 bits per heavy atom. The van der Waals surface area contributed by atoms with Gasteiger partial charge in [-0.2, -0.15) is 0 Å². The maximum Gasteiger partial charge on any atom is 0.335 e. The fourth-order valence-electron chi connectivity index (χ4n) is 3.36. The molecule has 0 bridgehead atoms. The van der Waals surface area contributed by atoms with E-state index in [0.29, 0.717) is 15.7 Å². The van der Waals surface area contributed by atoms with E-state index in [0.717, 1.165) is 4.90 Å². The smallest absolute Gasteiger partial charge is 0.335 e. The zero-order chi connectivity index (χ0) is 26.7.